The van der Waals surface area contributed by atoms with Crippen LogP contribution >= 0.6 is 11.6 Å². The highest BCUT2D eigenvalue weighted by atomic mass is 35.5. The number of hydrogen-bond acceptors (Lipinski definition) is 2. The smallest absolute Gasteiger partial charge is 0.0941 e. The van der Waals surface area contributed by atoms with Crippen molar-refractivity contribution < 1.29 is 0 Å². The lowest BCUT2D eigenvalue weighted by Crippen LogP contribution is -2.38. The normalized spacial score (nSPS) is 11.6. The Morgan fingerprint density at radius 1 is 1.05 bits per heavy atom. The van der Waals surface area contributed by atoms with E-state index in [0.29, 0.717) is 16.1 Å². The van der Waals surface area contributed by atoms with E-state index >= 15 is 0 Å². The Kier molecular flexibility index (Phi) is 4.94. The van der Waals surface area contributed by atoms with Crippen LogP contribution in [-0.2, 0) is 0 Å². The summed E-state index contributed by atoms with van der Waals surface area (Å²) in [5.74, 6) is 0. The molecule has 0 aliphatic carbocycles. The molecule has 0 aromatic carbocycles. The van der Waals surface area contributed by atoms with Crippen LogP contribution in [-0.4, -0.2) is 18.8 Å². The fraction of sp³-hybridized carbons (Fsp3) is 0.375. The Hall–Kier alpha value is -1.19. The predicted octanol–water partition coefficient (Wildman–Crippen LogP) is 4.32. The van der Waals surface area contributed by atoms with Crippen LogP contribution in [0.2, 0.25) is 16.1 Å². The number of nitrogens with zero attached hydrogens (tertiary/aromatic N) is 2. The van der Waals surface area contributed by atoms with Gasteiger partial charge in [0.25, 0.3) is 0 Å². The van der Waals surface area contributed by atoms with Gasteiger partial charge >= 0.3 is 0 Å². The highest BCUT2D eigenvalue weighted by Crippen LogP contribution is 2.25. The lowest BCUT2D eigenvalue weighted by atomic mass is 10.2. The fourth-order valence-electron chi connectivity index (χ4n) is 2.65. The monoisotopic (exact) mass is 303 g/mol. The molecule has 2 nitrogen and oxygen atoms in total. The Balaban J connectivity index is 2.59. The van der Waals surface area contributed by atoms with Gasteiger partial charge in [0.2, 0.25) is 0 Å². The van der Waals surface area contributed by atoms with E-state index in [0.717, 1.165) is 11.4 Å². The van der Waals surface area contributed by atoms with Crippen molar-refractivity contribution in [3.8, 4) is 11.4 Å². The van der Waals surface area contributed by atoms with Crippen LogP contribution in [0.4, 0.5) is 0 Å². The van der Waals surface area contributed by atoms with Crippen molar-refractivity contribution in [2.45, 2.75) is 38.8 Å². The first-order valence-corrected chi connectivity index (χ1v) is 8.98. The summed E-state index contributed by atoms with van der Waals surface area (Å²) in [6, 6.07) is 8.03. The zero-order valence-corrected chi connectivity index (χ0v) is 14.1. The molecule has 105 valence electrons. The van der Waals surface area contributed by atoms with E-state index in [1.54, 1.807) is 6.20 Å². The Morgan fingerprint density at radius 3 is 2.30 bits per heavy atom. The van der Waals surface area contributed by atoms with Gasteiger partial charge in [-0.05, 0) is 34.5 Å². The van der Waals surface area contributed by atoms with Gasteiger partial charge in [0, 0.05) is 12.4 Å². The van der Waals surface area contributed by atoms with Crippen LogP contribution in [0, 0.1) is 0 Å². The van der Waals surface area contributed by atoms with Crippen molar-refractivity contribution in [3.63, 3.8) is 0 Å². The third-order valence-electron chi connectivity index (χ3n) is 3.32. The molecule has 2 aromatic heterocycles. The molecule has 0 bridgehead atoms. The van der Waals surface area contributed by atoms with Crippen LogP contribution in [0.5, 0.6) is 0 Å². The topological polar surface area (TPSA) is 25.8 Å². The van der Waals surface area contributed by atoms with Crippen LogP contribution in [0.3, 0.4) is 0 Å². The molecule has 0 saturated carbocycles. The maximum atomic E-state index is 6.19. The van der Waals surface area contributed by atoms with Crippen LogP contribution < -0.4 is 5.19 Å². The molecule has 1 radical (unpaired) electrons. The molecule has 0 unspecified atom stereocenters. The van der Waals surface area contributed by atoms with Gasteiger partial charge in [-0.15, -0.1) is 0 Å². The summed E-state index contributed by atoms with van der Waals surface area (Å²) in [4.78, 5) is 9.02. The minimum absolute atomic E-state index is 0.628. The molecular formula is C16H20ClN2Si. The lowest BCUT2D eigenvalue weighted by Gasteiger charge is -2.25. The molecule has 4 heteroatoms. The third-order valence-corrected chi connectivity index (χ3v) is 7.01. The molecule has 0 saturated heterocycles. The molecular weight excluding hydrogens is 284 g/mol. The van der Waals surface area contributed by atoms with E-state index in [4.69, 9.17) is 11.6 Å². The first kappa shape index (κ1) is 15.2. The van der Waals surface area contributed by atoms with Crippen molar-refractivity contribution in [2.24, 2.45) is 0 Å². The number of hydrogen-bond donors (Lipinski definition) is 0. The molecule has 0 aliphatic heterocycles. The maximum Gasteiger partial charge on any atom is 0.0941 e. The SMILES string of the molecule is CC(C)[Si](c1cc(Cl)cnc1-c1ccccn1)C(C)C. The predicted molar refractivity (Wildman–Crippen MR) is 88.1 cm³/mol. The number of halogens is 1. The first-order valence-electron chi connectivity index (χ1n) is 6.94. The van der Waals surface area contributed by atoms with E-state index in [1.165, 1.54) is 5.19 Å². The molecule has 0 aliphatic rings. The second kappa shape index (κ2) is 6.51. The standard InChI is InChI=1S/C16H20ClN2Si/c1-11(2)20(12(3)4)15-9-13(17)10-19-16(15)14-7-5-6-8-18-14/h5-12H,1-4H3. The van der Waals surface area contributed by atoms with E-state index in [2.05, 4.69) is 43.7 Å². The molecule has 0 amide bonds. The van der Waals surface area contributed by atoms with Crippen molar-refractivity contribution in [1.82, 2.24) is 9.97 Å². The van der Waals surface area contributed by atoms with Crippen molar-refractivity contribution >= 4 is 25.6 Å². The summed E-state index contributed by atoms with van der Waals surface area (Å²) < 4.78 is 0. The lowest BCUT2D eigenvalue weighted by molar-refractivity contribution is 0.950. The Bertz CT molecular complexity index is 562. The van der Waals surface area contributed by atoms with Gasteiger partial charge in [0.15, 0.2) is 0 Å². The first-order chi connectivity index (χ1) is 9.50. The van der Waals surface area contributed by atoms with E-state index in [-0.39, 0.29) is 0 Å². The van der Waals surface area contributed by atoms with Gasteiger partial charge in [0.05, 0.1) is 25.2 Å². The fourth-order valence-corrected chi connectivity index (χ4v) is 6.27. The molecule has 0 spiro atoms. The highest BCUT2D eigenvalue weighted by molar-refractivity contribution is 6.76. The summed E-state index contributed by atoms with van der Waals surface area (Å²) in [7, 11) is -0.742. The van der Waals surface area contributed by atoms with Crippen LogP contribution in [0.15, 0.2) is 36.7 Å². The zero-order chi connectivity index (χ0) is 14.7. The van der Waals surface area contributed by atoms with Crippen molar-refractivity contribution in [3.05, 3.63) is 41.7 Å². The van der Waals surface area contributed by atoms with Crippen LogP contribution in [0.1, 0.15) is 27.7 Å². The average Bonchev–Trinajstić information content (AvgIpc) is 2.39. The Morgan fingerprint density at radius 2 is 1.75 bits per heavy atom. The number of rotatable bonds is 4. The van der Waals surface area contributed by atoms with E-state index < -0.39 is 8.80 Å². The second-order valence-corrected chi connectivity index (χ2v) is 9.72. The van der Waals surface area contributed by atoms with Gasteiger partial charge in [-0.1, -0.05) is 45.4 Å². The quantitative estimate of drug-likeness (QED) is 0.786. The van der Waals surface area contributed by atoms with E-state index in [1.807, 2.05) is 24.4 Å². The van der Waals surface area contributed by atoms with Crippen molar-refractivity contribution in [1.29, 1.82) is 0 Å². The summed E-state index contributed by atoms with van der Waals surface area (Å²) in [5.41, 5.74) is 3.18. The zero-order valence-electron chi connectivity index (χ0n) is 12.4. The Labute approximate surface area is 127 Å². The highest BCUT2D eigenvalue weighted by Gasteiger charge is 2.26. The van der Waals surface area contributed by atoms with Gasteiger partial charge in [-0.25, -0.2) is 0 Å². The third kappa shape index (κ3) is 3.28. The molecule has 0 atom stereocenters. The molecule has 0 fully saturated rings. The molecule has 0 N–H and O–H groups in total. The van der Waals surface area contributed by atoms with Crippen LogP contribution in [0.25, 0.3) is 11.4 Å². The number of aromatic nitrogens is 2. The summed E-state index contributed by atoms with van der Waals surface area (Å²) in [5, 5.41) is 2.01. The van der Waals surface area contributed by atoms with Gasteiger partial charge in [-0.3, -0.25) is 9.97 Å². The molecule has 2 heterocycles. The summed E-state index contributed by atoms with van der Waals surface area (Å²) in [6.07, 6.45) is 3.53. The van der Waals surface area contributed by atoms with Crippen molar-refractivity contribution in [2.75, 3.05) is 0 Å². The van der Waals surface area contributed by atoms with Gasteiger partial charge in [0.1, 0.15) is 0 Å². The minimum Gasteiger partial charge on any atom is -0.255 e. The minimum atomic E-state index is -0.742. The van der Waals surface area contributed by atoms with Gasteiger partial charge in [-0.2, -0.15) is 0 Å². The molecule has 2 rings (SSSR count). The number of pyridine rings is 2. The largest absolute Gasteiger partial charge is 0.255 e. The molecule has 20 heavy (non-hydrogen) atoms. The van der Waals surface area contributed by atoms with E-state index in [9.17, 15) is 0 Å². The molecule has 2 aromatic rings. The maximum absolute atomic E-state index is 6.19. The summed E-state index contributed by atoms with van der Waals surface area (Å²) in [6.45, 7) is 9.16. The van der Waals surface area contributed by atoms with Gasteiger partial charge < -0.3 is 0 Å². The summed E-state index contributed by atoms with van der Waals surface area (Å²) >= 11 is 6.19. The average molecular weight is 304 g/mol. The second-order valence-electron chi connectivity index (χ2n) is 5.53.